The van der Waals surface area contributed by atoms with Gasteiger partial charge in [-0.2, -0.15) is 0 Å². The molecule has 1 N–H and O–H groups in total. The zero-order valence-corrected chi connectivity index (χ0v) is 12.4. The van der Waals surface area contributed by atoms with E-state index in [1.165, 1.54) is 0 Å². The summed E-state index contributed by atoms with van der Waals surface area (Å²) in [6, 6.07) is 9.54. The molecule has 1 heterocycles. The summed E-state index contributed by atoms with van der Waals surface area (Å²) in [4.78, 5) is 13.5. The van der Waals surface area contributed by atoms with Gasteiger partial charge in [0.25, 0.3) is 0 Å². The smallest absolute Gasteiger partial charge is 0.317 e. The van der Waals surface area contributed by atoms with Crippen LogP contribution in [0.15, 0.2) is 34.7 Å². The second-order valence-corrected chi connectivity index (χ2v) is 4.52. The van der Waals surface area contributed by atoms with Gasteiger partial charge < -0.3 is 14.6 Å². The molecule has 21 heavy (non-hydrogen) atoms. The number of benzene rings is 1. The first kappa shape index (κ1) is 15.0. The van der Waals surface area contributed by atoms with Gasteiger partial charge in [-0.1, -0.05) is 18.2 Å². The third-order valence-electron chi connectivity index (χ3n) is 3.15. The van der Waals surface area contributed by atoms with E-state index in [9.17, 15) is 4.79 Å². The Kier molecular flexibility index (Phi) is 5.31. The molecule has 0 fully saturated rings. The van der Waals surface area contributed by atoms with Crippen LogP contribution in [0.3, 0.4) is 0 Å². The third kappa shape index (κ3) is 4.05. The Bertz CT molecular complexity index is 564. The SMILES string of the molecule is CCN(CC)C(=O)NCCc1nnc(-c2ccccc2)o1. The van der Waals surface area contributed by atoms with Crippen molar-refractivity contribution in [2.45, 2.75) is 20.3 Å². The maximum atomic E-state index is 11.8. The average molecular weight is 288 g/mol. The van der Waals surface area contributed by atoms with Crippen LogP contribution in [0, 0.1) is 0 Å². The zero-order valence-electron chi connectivity index (χ0n) is 12.4. The Balaban J connectivity index is 1.85. The van der Waals surface area contributed by atoms with E-state index in [4.69, 9.17) is 4.42 Å². The molecular formula is C15H20N4O2. The first-order valence-electron chi connectivity index (χ1n) is 7.15. The van der Waals surface area contributed by atoms with E-state index in [2.05, 4.69) is 15.5 Å². The maximum absolute atomic E-state index is 11.8. The molecule has 0 bridgehead atoms. The van der Waals surface area contributed by atoms with Gasteiger partial charge in [-0.25, -0.2) is 4.79 Å². The zero-order chi connectivity index (χ0) is 15.1. The van der Waals surface area contributed by atoms with Crippen molar-refractivity contribution in [1.29, 1.82) is 0 Å². The molecule has 2 amide bonds. The Hall–Kier alpha value is -2.37. The highest BCUT2D eigenvalue weighted by Gasteiger charge is 2.10. The van der Waals surface area contributed by atoms with Crippen molar-refractivity contribution < 1.29 is 9.21 Å². The van der Waals surface area contributed by atoms with Crippen LogP contribution < -0.4 is 5.32 Å². The molecular weight excluding hydrogens is 268 g/mol. The molecule has 2 rings (SSSR count). The molecule has 6 heteroatoms. The Morgan fingerprint density at radius 2 is 1.90 bits per heavy atom. The number of amides is 2. The number of rotatable bonds is 6. The van der Waals surface area contributed by atoms with Gasteiger partial charge in [-0.3, -0.25) is 0 Å². The molecule has 2 aromatic rings. The maximum Gasteiger partial charge on any atom is 0.317 e. The lowest BCUT2D eigenvalue weighted by molar-refractivity contribution is 0.203. The molecule has 1 aromatic carbocycles. The van der Waals surface area contributed by atoms with Crippen molar-refractivity contribution >= 4 is 6.03 Å². The minimum absolute atomic E-state index is 0.0669. The number of carbonyl (C=O) groups is 1. The molecule has 0 aliphatic heterocycles. The highest BCUT2D eigenvalue weighted by molar-refractivity contribution is 5.74. The highest BCUT2D eigenvalue weighted by Crippen LogP contribution is 2.16. The number of urea groups is 1. The summed E-state index contributed by atoms with van der Waals surface area (Å²) in [5, 5.41) is 10.8. The monoisotopic (exact) mass is 288 g/mol. The Morgan fingerprint density at radius 3 is 2.57 bits per heavy atom. The quantitative estimate of drug-likeness (QED) is 0.885. The van der Waals surface area contributed by atoms with E-state index in [-0.39, 0.29) is 6.03 Å². The lowest BCUT2D eigenvalue weighted by Crippen LogP contribution is -2.40. The molecule has 0 saturated carbocycles. The van der Waals surface area contributed by atoms with Crippen molar-refractivity contribution in [2.75, 3.05) is 19.6 Å². The summed E-state index contributed by atoms with van der Waals surface area (Å²) in [6.07, 6.45) is 0.521. The van der Waals surface area contributed by atoms with E-state index in [0.717, 1.165) is 5.56 Å². The molecule has 112 valence electrons. The van der Waals surface area contributed by atoms with Crippen LogP contribution in [0.2, 0.25) is 0 Å². The first-order chi connectivity index (χ1) is 10.2. The van der Waals surface area contributed by atoms with Crippen LogP contribution in [-0.4, -0.2) is 40.8 Å². The molecule has 6 nitrogen and oxygen atoms in total. The van der Waals surface area contributed by atoms with E-state index in [0.29, 0.717) is 37.8 Å². The summed E-state index contributed by atoms with van der Waals surface area (Å²) < 4.78 is 5.58. The van der Waals surface area contributed by atoms with Crippen LogP contribution in [0.1, 0.15) is 19.7 Å². The predicted molar refractivity (Wildman–Crippen MR) is 79.8 cm³/mol. The van der Waals surface area contributed by atoms with Crippen molar-refractivity contribution in [3.63, 3.8) is 0 Å². The van der Waals surface area contributed by atoms with Crippen LogP contribution in [0.4, 0.5) is 4.79 Å². The first-order valence-corrected chi connectivity index (χ1v) is 7.15. The standard InChI is InChI=1S/C15H20N4O2/c1-3-19(4-2)15(20)16-11-10-13-17-18-14(21-13)12-8-6-5-7-9-12/h5-9H,3-4,10-11H2,1-2H3,(H,16,20). The average Bonchev–Trinajstić information content (AvgIpc) is 2.98. The fraction of sp³-hybridized carbons (Fsp3) is 0.400. The summed E-state index contributed by atoms with van der Waals surface area (Å²) in [5.41, 5.74) is 0.892. The minimum Gasteiger partial charge on any atom is -0.421 e. The topological polar surface area (TPSA) is 71.3 Å². The van der Waals surface area contributed by atoms with Gasteiger partial charge in [0.1, 0.15) is 0 Å². The highest BCUT2D eigenvalue weighted by atomic mass is 16.4. The fourth-order valence-electron chi connectivity index (χ4n) is 1.95. The Labute approximate surface area is 124 Å². The van der Waals surface area contributed by atoms with Gasteiger partial charge in [0.2, 0.25) is 11.8 Å². The second kappa shape index (κ2) is 7.42. The van der Waals surface area contributed by atoms with Crippen LogP contribution >= 0.6 is 0 Å². The normalized spacial score (nSPS) is 10.4. The lowest BCUT2D eigenvalue weighted by atomic mass is 10.2. The molecule has 0 radical (unpaired) electrons. The van der Waals surface area contributed by atoms with Gasteiger partial charge in [0.15, 0.2) is 0 Å². The van der Waals surface area contributed by atoms with Crippen LogP contribution in [-0.2, 0) is 6.42 Å². The van der Waals surface area contributed by atoms with Gasteiger partial charge in [-0.15, -0.1) is 10.2 Å². The molecule has 0 aliphatic carbocycles. The molecule has 0 saturated heterocycles. The molecule has 0 spiro atoms. The second-order valence-electron chi connectivity index (χ2n) is 4.52. The van der Waals surface area contributed by atoms with Gasteiger partial charge in [0.05, 0.1) is 0 Å². The van der Waals surface area contributed by atoms with Crippen LogP contribution in [0.25, 0.3) is 11.5 Å². The summed E-state index contributed by atoms with van der Waals surface area (Å²) in [7, 11) is 0. The summed E-state index contributed by atoms with van der Waals surface area (Å²) >= 11 is 0. The van der Waals surface area contributed by atoms with Crippen molar-refractivity contribution in [2.24, 2.45) is 0 Å². The predicted octanol–water partition coefficient (Wildman–Crippen LogP) is 2.33. The summed E-state index contributed by atoms with van der Waals surface area (Å²) in [6.45, 7) is 5.77. The fourth-order valence-corrected chi connectivity index (χ4v) is 1.95. The number of aromatic nitrogens is 2. The lowest BCUT2D eigenvalue weighted by Gasteiger charge is -2.18. The molecule has 0 atom stereocenters. The molecule has 0 aliphatic rings. The molecule has 0 unspecified atom stereocenters. The molecule has 1 aromatic heterocycles. The summed E-state index contributed by atoms with van der Waals surface area (Å²) in [5.74, 6) is 1.02. The number of hydrogen-bond acceptors (Lipinski definition) is 4. The van der Waals surface area contributed by atoms with Crippen molar-refractivity contribution in [1.82, 2.24) is 20.4 Å². The van der Waals surface area contributed by atoms with Crippen molar-refractivity contribution in [3.8, 4) is 11.5 Å². The Morgan fingerprint density at radius 1 is 1.19 bits per heavy atom. The minimum atomic E-state index is -0.0669. The number of hydrogen-bond donors (Lipinski definition) is 1. The number of carbonyl (C=O) groups excluding carboxylic acids is 1. The van der Waals surface area contributed by atoms with E-state index in [1.807, 2.05) is 44.2 Å². The van der Waals surface area contributed by atoms with E-state index >= 15 is 0 Å². The van der Waals surface area contributed by atoms with Gasteiger partial charge in [0, 0.05) is 31.6 Å². The largest absolute Gasteiger partial charge is 0.421 e. The number of nitrogens with one attached hydrogen (secondary N) is 1. The van der Waals surface area contributed by atoms with Crippen LogP contribution in [0.5, 0.6) is 0 Å². The van der Waals surface area contributed by atoms with E-state index in [1.54, 1.807) is 4.90 Å². The van der Waals surface area contributed by atoms with Gasteiger partial charge >= 0.3 is 6.03 Å². The number of nitrogens with zero attached hydrogens (tertiary/aromatic N) is 3. The van der Waals surface area contributed by atoms with Crippen molar-refractivity contribution in [3.05, 3.63) is 36.2 Å². The van der Waals surface area contributed by atoms with Gasteiger partial charge in [-0.05, 0) is 26.0 Å². The third-order valence-corrected chi connectivity index (χ3v) is 3.15. The van der Waals surface area contributed by atoms with E-state index < -0.39 is 0 Å².